The molecule has 0 spiro atoms. The number of carbonyl (C=O) groups excluding carboxylic acids is 1. The summed E-state index contributed by atoms with van der Waals surface area (Å²) in [7, 11) is 0. The maximum Gasteiger partial charge on any atom is 0.152 e. The zero-order valence-electron chi connectivity index (χ0n) is 13.4. The molecule has 1 aromatic carbocycles. The summed E-state index contributed by atoms with van der Waals surface area (Å²) >= 11 is 0. The van der Waals surface area contributed by atoms with Crippen molar-refractivity contribution >= 4 is 5.78 Å². The highest BCUT2D eigenvalue weighted by atomic mass is 16.1. The third-order valence-electron chi connectivity index (χ3n) is 3.50. The number of ketones is 1. The molecule has 0 bridgehead atoms. The zero-order chi connectivity index (χ0) is 15.0. The van der Waals surface area contributed by atoms with E-state index in [-0.39, 0.29) is 13.4 Å². The fourth-order valence-corrected chi connectivity index (χ4v) is 2.43. The monoisotopic (exact) mass is 277 g/mol. The second kappa shape index (κ2) is 8.91. The molecule has 0 aliphatic rings. The van der Waals surface area contributed by atoms with Gasteiger partial charge in [0.05, 0.1) is 6.04 Å². The van der Waals surface area contributed by atoms with Crippen molar-refractivity contribution < 1.29 is 6.22 Å². The summed E-state index contributed by atoms with van der Waals surface area (Å²) in [5.41, 5.74) is 1.39. The van der Waals surface area contributed by atoms with Gasteiger partial charge in [0.1, 0.15) is 0 Å². The van der Waals surface area contributed by atoms with E-state index in [4.69, 9.17) is 0 Å². The van der Waals surface area contributed by atoms with Gasteiger partial charge < -0.3 is 5.32 Å². The molecular weight excluding hydrogens is 246 g/mol. The zero-order valence-corrected chi connectivity index (χ0v) is 13.4. The molecule has 0 heterocycles. The van der Waals surface area contributed by atoms with Crippen molar-refractivity contribution in [2.75, 3.05) is 0 Å². The number of hydrogen-bond acceptors (Lipinski definition) is 2. The van der Waals surface area contributed by atoms with E-state index in [9.17, 15) is 4.79 Å². The molecule has 0 saturated heterocycles. The highest BCUT2D eigenvalue weighted by Crippen LogP contribution is 2.11. The van der Waals surface area contributed by atoms with Crippen LogP contribution < -0.4 is 5.32 Å². The first-order chi connectivity index (χ1) is 9.50. The van der Waals surface area contributed by atoms with Gasteiger partial charge in [-0.3, -0.25) is 4.79 Å². The molecule has 0 aromatic heterocycles. The predicted molar refractivity (Wildman–Crippen MR) is 88.0 cm³/mol. The largest absolute Gasteiger partial charge is 0.305 e. The topological polar surface area (TPSA) is 29.1 Å². The number of carbonyl (C=O) groups is 1. The third kappa shape index (κ3) is 6.33. The van der Waals surface area contributed by atoms with Gasteiger partial charge >= 0.3 is 0 Å². The first-order valence-corrected chi connectivity index (χ1v) is 7.84. The summed E-state index contributed by atoms with van der Waals surface area (Å²) in [5.74, 6) is 0.457. The normalized spacial score (nSPS) is 12.9. The van der Waals surface area contributed by atoms with Gasteiger partial charge in [-0.15, -0.1) is 0 Å². The van der Waals surface area contributed by atoms with E-state index in [1.165, 1.54) is 5.56 Å². The molecule has 0 saturated carbocycles. The predicted octanol–water partition coefficient (Wildman–Crippen LogP) is 4.24. The minimum absolute atomic E-state index is 0. The van der Waals surface area contributed by atoms with Crippen molar-refractivity contribution in [2.45, 2.75) is 65.5 Å². The average molecular weight is 277 g/mol. The summed E-state index contributed by atoms with van der Waals surface area (Å²) < 4.78 is 0. The van der Waals surface area contributed by atoms with Crippen LogP contribution in [0.3, 0.4) is 0 Å². The van der Waals surface area contributed by atoms with Gasteiger partial charge in [0, 0.05) is 13.4 Å². The van der Waals surface area contributed by atoms with Gasteiger partial charge in [-0.25, -0.2) is 0 Å². The van der Waals surface area contributed by atoms with Crippen LogP contribution in [0.2, 0.25) is 0 Å². The number of benzene rings is 1. The Labute approximate surface area is 125 Å². The second-order valence-corrected chi connectivity index (χ2v) is 6.16. The van der Waals surface area contributed by atoms with E-state index in [0.717, 1.165) is 25.7 Å². The molecule has 2 nitrogen and oxygen atoms in total. The maximum atomic E-state index is 12.2. The van der Waals surface area contributed by atoms with E-state index in [1.807, 2.05) is 19.9 Å². The van der Waals surface area contributed by atoms with E-state index in [1.54, 1.807) is 0 Å². The highest BCUT2D eigenvalue weighted by Gasteiger charge is 2.20. The van der Waals surface area contributed by atoms with E-state index < -0.39 is 0 Å². The van der Waals surface area contributed by atoms with Gasteiger partial charge in [0.2, 0.25) is 0 Å². The number of Topliss-reactive ketones (excluding diaryl/α,β-unsaturated/α-hetero) is 1. The Morgan fingerprint density at radius 2 is 1.75 bits per heavy atom. The van der Waals surface area contributed by atoms with Crippen molar-refractivity contribution in [3.05, 3.63) is 35.9 Å². The van der Waals surface area contributed by atoms with Crippen LogP contribution in [0.4, 0.5) is 0 Å². The van der Waals surface area contributed by atoms with Gasteiger partial charge in [0.15, 0.2) is 5.78 Å². The fourth-order valence-electron chi connectivity index (χ4n) is 2.43. The highest BCUT2D eigenvalue weighted by molar-refractivity contribution is 5.85. The molecule has 0 aliphatic carbocycles. The Hall–Kier alpha value is -1.15. The van der Waals surface area contributed by atoms with E-state index in [0.29, 0.717) is 11.8 Å². The SMILES string of the molecule is CC(C)N[C@@H](CCCCc1ccccc1)C(=O)C(C)C.[HH]. The smallest absolute Gasteiger partial charge is 0.152 e. The Kier molecular flexibility index (Phi) is 7.53. The Morgan fingerprint density at radius 3 is 2.30 bits per heavy atom. The molecule has 2 heteroatoms. The Bertz CT molecular complexity index is 389. The summed E-state index contributed by atoms with van der Waals surface area (Å²) in [6.07, 6.45) is 4.29. The molecule has 0 unspecified atom stereocenters. The van der Waals surface area contributed by atoms with Crippen LogP contribution in [0.15, 0.2) is 30.3 Å². The van der Waals surface area contributed by atoms with Crippen LogP contribution in [0.5, 0.6) is 0 Å². The third-order valence-corrected chi connectivity index (χ3v) is 3.50. The quantitative estimate of drug-likeness (QED) is 0.684. The molecule has 20 heavy (non-hydrogen) atoms. The summed E-state index contributed by atoms with van der Waals surface area (Å²) in [6.45, 7) is 8.18. The van der Waals surface area contributed by atoms with Crippen LogP contribution >= 0.6 is 0 Å². The van der Waals surface area contributed by atoms with Crippen molar-refractivity contribution in [3.63, 3.8) is 0 Å². The lowest BCUT2D eigenvalue weighted by molar-refractivity contribution is -0.124. The Balaban J connectivity index is 0.00000400. The van der Waals surface area contributed by atoms with Crippen molar-refractivity contribution in [1.82, 2.24) is 5.32 Å². The van der Waals surface area contributed by atoms with Crippen LogP contribution in [0.25, 0.3) is 0 Å². The molecule has 1 rings (SSSR count). The first-order valence-electron chi connectivity index (χ1n) is 7.84. The van der Waals surface area contributed by atoms with Gasteiger partial charge in [-0.2, -0.15) is 0 Å². The van der Waals surface area contributed by atoms with Crippen molar-refractivity contribution in [1.29, 1.82) is 0 Å². The fraction of sp³-hybridized carbons (Fsp3) is 0.611. The molecule has 0 aliphatic heterocycles. The van der Waals surface area contributed by atoms with Crippen LogP contribution in [-0.2, 0) is 11.2 Å². The number of unbranched alkanes of at least 4 members (excludes halogenated alkanes) is 1. The van der Waals surface area contributed by atoms with Gasteiger partial charge in [-0.1, -0.05) is 64.4 Å². The molecule has 0 amide bonds. The first kappa shape index (κ1) is 16.9. The standard InChI is InChI=1S/C18H29NO.H2/c1-14(2)18(20)17(19-15(3)4)13-9-8-12-16-10-6-5-7-11-16;/h5-7,10-11,14-15,17,19H,8-9,12-13H2,1-4H3;1H/t17-;/m0./s1. The van der Waals surface area contributed by atoms with E-state index in [2.05, 4.69) is 43.4 Å². The second-order valence-electron chi connectivity index (χ2n) is 6.16. The molecule has 1 N–H and O–H groups in total. The number of hydrogen-bond donors (Lipinski definition) is 1. The van der Waals surface area contributed by atoms with Crippen LogP contribution in [-0.4, -0.2) is 17.9 Å². The lowest BCUT2D eigenvalue weighted by Gasteiger charge is -2.22. The Morgan fingerprint density at radius 1 is 1.10 bits per heavy atom. The number of nitrogens with one attached hydrogen (secondary N) is 1. The summed E-state index contributed by atoms with van der Waals surface area (Å²) in [5, 5.41) is 3.41. The molecule has 1 aromatic rings. The maximum absolute atomic E-state index is 12.2. The van der Waals surface area contributed by atoms with Crippen LogP contribution in [0, 0.1) is 5.92 Å². The number of aryl methyl sites for hydroxylation is 1. The number of rotatable bonds is 9. The minimum atomic E-state index is 0. The van der Waals surface area contributed by atoms with Crippen molar-refractivity contribution in [2.24, 2.45) is 5.92 Å². The van der Waals surface area contributed by atoms with Gasteiger partial charge in [0.25, 0.3) is 0 Å². The lowest BCUT2D eigenvalue weighted by Crippen LogP contribution is -2.42. The molecule has 1 atom stereocenters. The summed E-state index contributed by atoms with van der Waals surface area (Å²) in [4.78, 5) is 12.2. The van der Waals surface area contributed by atoms with Crippen molar-refractivity contribution in [3.8, 4) is 0 Å². The lowest BCUT2D eigenvalue weighted by atomic mass is 9.95. The average Bonchev–Trinajstić information content (AvgIpc) is 2.42. The van der Waals surface area contributed by atoms with E-state index >= 15 is 0 Å². The molecular formula is C18H31NO. The molecule has 0 radical (unpaired) electrons. The minimum Gasteiger partial charge on any atom is -0.305 e. The molecule has 0 fully saturated rings. The molecule has 114 valence electrons. The van der Waals surface area contributed by atoms with Gasteiger partial charge in [-0.05, 0) is 24.8 Å². The van der Waals surface area contributed by atoms with Crippen LogP contribution in [0.1, 0.15) is 53.9 Å². The summed E-state index contributed by atoms with van der Waals surface area (Å²) in [6, 6.07) is 10.9.